The number of ketones is 1. The molecule has 0 bridgehead atoms. The van der Waals surface area contributed by atoms with Crippen LogP contribution in [0.5, 0.6) is 0 Å². The molecular weight excluding hydrogens is 293 g/mol. The highest BCUT2D eigenvalue weighted by Crippen LogP contribution is 2.24. The van der Waals surface area contributed by atoms with Crippen LogP contribution in [0.4, 0.5) is 0 Å². The van der Waals surface area contributed by atoms with Crippen molar-refractivity contribution in [1.82, 2.24) is 0 Å². The lowest BCUT2D eigenvalue weighted by molar-refractivity contribution is 0.0979. The maximum absolute atomic E-state index is 12.4. The molecule has 4 heteroatoms. The van der Waals surface area contributed by atoms with Gasteiger partial charge in [-0.25, -0.2) is 0 Å². The Bertz CT molecular complexity index is 687. The molecule has 100 valence electrons. The van der Waals surface area contributed by atoms with Gasteiger partial charge in [0.25, 0.3) is 0 Å². The van der Waals surface area contributed by atoms with Gasteiger partial charge in [-0.1, -0.05) is 47.5 Å². The van der Waals surface area contributed by atoms with E-state index in [1.54, 1.807) is 42.5 Å². The Kier molecular flexibility index (Phi) is 4.44. The smallest absolute Gasteiger partial charge is 0.184 e. The van der Waals surface area contributed by atoms with Gasteiger partial charge in [-0.05, 0) is 36.2 Å². The Morgan fingerprint density at radius 1 is 1.15 bits per heavy atom. The molecule has 0 N–H and O–H groups in total. The Morgan fingerprint density at radius 2 is 1.80 bits per heavy atom. The summed E-state index contributed by atoms with van der Waals surface area (Å²) in [7, 11) is 0. The van der Waals surface area contributed by atoms with Crippen LogP contribution < -0.4 is 0 Å². The molecule has 0 aliphatic rings. The summed E-state index contributed by atoms with van der Waals surface area (Å²) in [4.78, 5) is 12.4. The zero-order valence-electron chi connectivity index (χ0n) is 10.7. The molecule has 0 radical (unpaired) electrons. The van der Waals surface area contributed by atoms with Gasteiger partial charge in [-0.15, -0.1) is 0 Å². The topological polar surface area (TPSA) is 40.9 Å². The van der Waals surface area contributed by atoms with Crippen LogP contribution in [0.15, 0.2) is 42.5 Å². The number of nitrogens with zero attached hydrogens (tertiary/aromatic N) is 1. The lowest BCUT2D eigenvalue weighted by Crippen LogP contribution is -2.11. The average molecular weight is 304 g/mol. The number of carbonyl (C=O) groups is 1. The Balaban J connectivity index is 2.36. The van der Waals surface area contributed by atoms with Crippen LogP contribution in [0, 0.1) is 18.3 Å². The molecule has 0 aliphatic heterocycles. The maximum Gasteiger partial charge on any atom is 0.184 e. The van der Waals surface area contributed by atoms with Gasteiger partial charge in [-0.3, -0.25) is 4.79 Å². The van der Waals surface area contributed by atoms with Gasteiger partial charge >= 0.3 is 0 Å². The van der Waals surface area contributed by atoms with E-state index in [0.717, 1.165) is 5.56 Å². The largest absolute Gasteiger partial charge is 0.292 e. The van der Waals surface area contributed by atoms with Crippen molar-refractivity contribution in [2.45, 2.75) is 12.8 Å². The predicted molar refractivity (Wildman–Crippen MR) is 80.3 cm³/mol. The Hall–Kier alpha value is -1.82. The first-order valence-corrected chi connectivity index (χ1v) is 6.74. The molecule has 0 aliphatic carbocycles. The molecule has 0 aromatic heterocycles. The predicted octanol–water partition coefficient (Wildman–Crippen LogP) is 4.79. The monoisotopic (exact) mass is 303 g/mol. The van der Waals surface area contributed by atoms with E-state index in [-0.39, 0.29) is 5.78 Å². The zero-order valence-corrected chi connectivity index (χ0v) is 12.2. The molecule has 2 rings (SSSR count). The minimum Gasteiger partial charge on any atom is -0.292 e. The summed E-state index contributed by atoms with van der Waals surface area (Å²) >= 11 is 11.8. The van der Waals surface area contributed by atoms with Gasteiger partial charge in [0.1, 0.15) is 5.92 Å². The summed E-state index contributed by atoms with van der Waals surface area (Å²) in [6.45, 7) is 1.86. The summed E-state index contributed by atoms with van der Waals surface area (Å²) in [5, 5.41) is 10.4. The van der Waals surface area contributed by atoms with E-state index in [9.17, 15) is 10.1 Å². The third-order valence-electron chi connectivity index (χ3n) is 3.05. The number of benzene rings is 2. The van der Waals surface area contributed by atoms with Crippen molar-refractivity contribution in [2.24, 2.45) is 0 Å². The normalized spacial score (nSPS) is 11.7. The number of carbonyl (C=O) groups excluding carboxylic acids is 1. The van der Waals surface area contributed by atoms with Crippen LogP contribution in [0.3, 0.4) is 0 Å². The Labute approximate surface area is 127 Å². The van der Waals surface area contributed by atoms with Gasteiger partial charge in [0, 0.05) is 15.6 Å². The van der Waals surface area contributed by atoms with Crippen molar-refractivity contribution in [1.29, 1.82) is 5.26 Å². The van der Waals surface area contributed by atoms with E-state index < -0.39 is 5.92 Å². The number of hydrogen-bond donors (Lipinski definition) is 0. The molecule has 2 aromatic rings. The molecule has 0 fully saturated rings. The molecule has 0 heterocycles. The highest BCUT2D eigenvalue weighted by atomic mass is 35.5. The first-order chi connectivity index (χ1) is 9.52. The third kappa shape index (κ3) is 3.01. The number of aryl methyl sites for hydroxylation is 1. The number of nitriles is 1. The van der Waals surface area contributed by atoms with Crippen molar-refractivity contribution in [3.05, 3.63) is 69.2 Å². The van der Waals surface area contributed by atoms with Gasteiger partial charge in [0.15, 0.2) is 5.78 Å². The van der Waals surface area contributed by atoms with Gasteiger partial charge in [-0.2, -0.15) is 5.26 Å². The van der Waals surface area contributed by atoms with Crippen molar-refractivity contribution >= 4 is 29.0 Å². The fourth-order valence-electron chi connectivity index (χ4n) is 1.85. The number of Topliss-reactive ketones (excluding diaryl/α,β-unsaturated/α-hetero) is 1. The molecule has 0 amide bonds. The molecular formula is C16H11Cl2NO. The van der Waals surface area contributed by atoms with Crippen LogP contribution in [0.1, 0.15) is 27.4 Å². The molecule has 0 saturated carbocycles. The first-order valence-electron chi connectivity index (χ1n) is 5.98. The van der Waals surface area contributed by atoms with Crippen LogP contribution in [-0.2, 0) is 0 Å². The summed E-state index contributed by atoms with van der Waals surface area (Å²) < 4.78 is 0. The van der Waals surface area contributed by atoms with Crippen molar-refractivity contribution < 1.29 is 4.79 Å². The highest BCUT2D eigenvalue weighted by Gasteiger charge is 2.22. The molecule has 1 atom stereocenters. The molecule has 20 heavy (non-hydrogen) atoms. The second kappa shape index (κ2) is 6.09. The van der Waals surface area contributed by atoms with E-state index in [1.165, 1.54) is 0 Å². The van der Waals surface area contributed by atoms with Gasteiger partial charge < -0.3 is 0 Å². The highest BCUT2D eigenvalue weighted by molar-refractivity contribution is 6.31. The van der Waals surface area contributed by atoms with E-state index in [4.69, 9.17) is 23.2 Å². The Morgan fingerprint density at radius 3 is 2.35 bits per heavy atom. The second-order valence-corrected chi connectivity index (χ2v) is 5.29. The maximum atomic E-state index is 12.4. The zero-order chi connectivity index (χ0) is 14.7. The van der Waals surface area contributed by atoms with E-state index in [2.05, 4.69) is 0 Å². The van der Waals surface area contributed by atoms with E-state index in [0.29, 0.717) is 21.2 Å². The number of halogens is 2. The quantitative estimate of drug-likeness (QED) is 0.765. The molecule has 2 nitrogen and oxygen atoms in total. The van der Waals surface area contributed by atoms with Crippen LogP contribution in [0.2, 0.25) is 10.0 Å². The van der Waals surface area contributed by atoms with Crippen molar-refractivity contribution in [3.63, 3.8) is 0 Å². The third-order valence-corrected chi connectivity index (χ3v) is 3.71. The first kappa shape index (κ1) is 14.6. The van der Waals surface area contributed by atoms with Gasteiger partial charge in [0.05, 0.1) is 6.07 Å². The molecule has 2 aromatic carbocycles. The summed E-state index contributed by atoms with van der Waals surface area (Å²) in [6, 6.07) is 13.8. The van der Waals surface area contributed by atoms with Crippen LogP contribution in [-0.4, -0.2) is 5.78 Å². The number of rotatable bonds is 3. The molecule has 0 saturated heterocycles. The van der Waals surface area contributed by atoms with Crippen molar-refractivity contribution in [2.75, 3.05) is 0 Å². The lowest BCUT2D eigenvalue weighted by Gasteiger charge is -2.09. The summed E-state index contributed by atoms with van der Waals surface area (Å²) in [5.41, 5.74) is 1.95. The fraction of sp³-hybridized carbons (Fsp3) is 0.125. The van der Waals surface area contributed by atoms with Gasteiger partial charge in [0.2, 0.25) is 0 Å². The minimum absolute atomic E-state index is 0.267. The average Bonchev–Trinajstić information content (AvgIpc) is 2.44. The van der Waals surface area contributed by atoms with Crippen LogP contribution >= 0.6 is 23.2 Å². The summed E-state index contributed by atoms with van der Waals surface area (Å²) in [5.74, 6) is -1.12. The SMILES string of the molecule is Cc1ccc(C(=O)C(C#N)c2ccc(Cl)cc2)cc1Cl. The number of hydrogen-bond acceptors (Lipinski definition) is 2. The molecule has 0 spiro atoms. The summed E-state index contributed by atoms with van der Waals surface area (Å²) in [6.07, 6.45) is 0. The lowest BCUT2D eigenvalue weighted by atomic mass is 9.91. The van der Waals surface area contributed by atoms with Crippen molar-refractivity contribution in [3.8, 4) is 6.07 Å². The fourth-order valence-corrected chi connectivity index (χ4v) is 2.16. The second-order valence-electron chi connectivity index (χ2n) is 4.44. The van der Waals surface area contributed by atoms with Crippen LogP contribution in [0.25, 0.3) is 0 Å². The minimum atomic E-state index is -0.856. The standard InChI is InChI=1S/C16H11Cl2NO/c1-10-2-3-12(8-15(10)18)16(20)14(9-19)11-4-6-13(17)7-5-11/h2-8,14H,1H3. The molecule has 1 unspecified atom stereocenters. The van der Waals surface area contributed by atoms with E-state index >= 15 is 0 Å². The van der Waals surface area contributed by atoms with E-state index in [1.807, 2.05) is 13.0 Å².